The first-order chi connectivity index (χ1) is 20.6. The van der Waals surface area contributed by atoms with Crippen LogP contribution >= 0.6 is 0 Å². The van der Waals surface area contributed by atoms with Crippen LogP contribution in [0.1, 0.15) is 60.6 Å². The topological polar surface area (TPSA) is 136 Å². The van der Waals surface area contributed by atoms with Crippen LogP contribution < -0.4 is 5.32 Å². The summed E-state index contributed by atoms with van der Waals surface area (Å²) < 4.78 is 16.0. The van der Waals surface area contributed by atoms with E-state index in [9.17, 15) is 29.5 Å². The van der Waals surface area contributed by atoms with Gasteiger partial charge in [0.2, 0.25) is 0 Å². The van der Waals surface area contributed by atoms with Gasteiger partial charge in [0.1, 0.15) is 11.9 Å². The molecule has 1 aromatic heterocycles. The van der Waals surface area contributed by atoms with Crippen LogP contribution in [0.2, 0.25) is 0 Å². The monoisotopic (exact) mass is 583 g/mol. The fraction of sp³-hybridized carbons (Fsp3) is 0.265. The third-order valence-electron chi connectivity index (χ3n) is 7.19. The van der Waals surface area contributed by atoms with E-state index < -0.39 is 36.3 Å². The molecule has 0 saturated carbocycles. The molecule has 1 amide bonds. The number of nitrogens with zero attached hydrogens (tertiary/aromatic N) is 2. The number of nitrogens with one attached hydrogen (secondary N) is 1. The van der Waals surface area contributed by atoms with Crippen molar-refractivity contribution in [2.45, 2.75) is 57.8 Å². The van der Waals surface area contributed by atoms with E-state index in [4.69, 9.17) is 5.11 Å². The Morgan fingerprint density at radius 1 is 0.930 bits per heavy atom. The van der Waals surface area contributed by atoms with Gasteiger partial charge in [-0.3, -0.25) is 9.59 Å². The highest BCUT2D eigenvalue weighted by molar-refractivity contribution is 6.13. The zero-order valence-electron chi connectivity index (χ0n) is 24.0. The van der Waals surface area contributed by atoms with Crippen LogP contribution in [0.3, 0.4) is 0 Å². The molecule has 4 aromatic rings. The lowest BCUT2D eigenvalue weighted by molar-refractivity contribution is -0.139. The summed E-state index contributed by atoms with van der Waals surface area (Å²) in [5, 5.41) is 42.4. The van der Waals surface area contributed by atoms with Gasteiger partial charge in [0.15, 0.2) is 0 Å². The van der Waals surface area contributed by atoms with E-state index in [1.165, 1.54) is 12.1 Å². The average Bonchev–Trinajstić information content (AvgIpc) is 3.32. The van der Waals surface area contributed by atoms with Crippen LogP contribution in [-0.4, -0.2) is 44.0 Å². The lowest BCUT2D eigenvalue weighted by Gasteiger charge is -2.20. The first kappa shape index (κ1) is 31.2. The minimum atomic E-state index is -1.21. The maximum Gasteiger partial charge on any atom is 0.305 e. The number of carboxylic acids is 1. The van der Waals surface area contributed by atoms with Crippen molar-refractivity contribution in [3.63, 3.8) is 0 Å². The van der Waals surface area contributed by atoms with Crippen LogP contribution in [0.4, 0.5) is 10.1 Å². The first-order valence-corrected chi connectivity index (χ1v) is 14.1. The van der Waals surface area contributed by atoms with E-state index in [-0.39, 0.29) is 25.3 Å². The zero-order chi connectivity index (χ0) is 31.1. The molecule has 4 rings (SSSR count). The maximum absolute atomic E-state index is 14.2. The summed E-state index contributed by atoms with van der Waals surface area (Å²) in [6.07, 6.45) is -2.67. The molecule has 0 spiro atoms. The number of anilines is 1. The number of aliphatic hydroxyl groups excluding tert-OH is 2. The van der Waals surface area contributed by atoms with Crippen LogP contribution in [0.25, 0.3) is 22.4 Å². The standard InChI is InChI=1S/C34H34FN3O5/c1-21(2)32-31(34(43)37-28-11-7-6-10-24(28)20-36)30(22-8-4-3-5-9-22)33(23-12-14-25(35)15-13-23)38(32)17-16-26(39)18-27(40)19-29(41)42/h3-15,21,26-27,39-40H,16-19H2,1-2H3,(H,37,43)(H,41,42). The summed E-state index contributed by atoms with van der Waals surface area (Å²) in [5.41, 5.74) is 4.39. The third kappa shape index (κ3) is 7.36. The molecule has 0 aliphatic carbocycles. The van der Waals surface area contributed by atoms with Gasteiger partial charge in [-0.2, -0.15) is 5.26 Å². The number of carboxylic acid groups (broad SMARTS) is 1. The van der Waals surface area contributed by atoms with Crippen LogP contribution in [0.5, 0.6) is 0 Å². The Bertz CT molecular complexity index is 1620. The minimum Gasteiger partial charge on any atom is -0.481 e. The number of aliphatic carboxylic acids is 1. The normalized spacial score (nSPS) is 12.5. The lowest BCUT2D eigenvalue weighted by atomic mass is 9.94. The van der Waals surface area contributed by atoms with Crippen LogP contribution in [0, 0.1) is 17.1 Å². The number of hydrogen-bond acceptors (Lipinski definition) is 5. The van der Waals surface area contributed by atoms with Gasteiger partial charge in [-0.05, 0) is 66.3 Å². The number of rotatable bonds is 12. The van der Waals surface area contributed by atoms with Crippen molar-refractivity contribution in [1.82, 2.24) is 4.57 Å². The SMILES string of the molecule is CC(C)c1c(C(=O)Nc2ccccc2C#N)c(-c2ccccc2)c(-c2ccc(F)cc2)n1CCC(O)CC(O)CC(=O)O. The quantitative estimate of drug-likeness (QED) is 0.157. The molecule has 222 valence electrons. The van der Waals surface area contributed by atoms with Crippen molar-refractivity contribution >= 4 is 17.6 Å². The van der Waals surface area contributed by atoms with E-state index in [1.54, 1.807) is 36.4 Å². The summed E-state index contributed by atoms with van der Waals surface area (Å²) in [7, 11) is 0. The van der Waals surface area contributed by atoms with Crippen molar-refractivity contribution in [2.24, 2.45) is 0 Å². The molecule has 0 radical (unpaired) electrons. The predicted octanol–water partition coefficient (Wildman–Crippen LogP) is 6.19. The molecule has 2 atom stereocenters. The molecule has 1 heterocycles. The van der Waals surface area contributed by atoms with E-state index in [1.807, 2.05) is 48.7 Å². The number of nitriles is 1. The largest absolute Gasteiger partial charge is 0.481 e. The van der Waals surface area contributed by atoms with Gasteiger partial charge in [0.25, 0.3) is 5.91 Å². The lowest BCUT2D eigenvalue weighted by Crippen LogP contribution is -2.22. The Morgan fingerprint density at radius 3 is 2.21 bits per heavy atom. The van der Waals surface area contributed by atoms with Crippen molar-refractivity contribution in [3.05, 3.63) is 102 Å². The van der Waals surface area contributed by atoms with Gasteiger partial charge < -0.3 is 25.2 Å². The highest BCUT2D eigenvalue weighted by Crippen LogP contribution is 2.42. The zero-order valence-corrected chi connectivity index (χ0v) is 24.0. The number of halogens is 1. The maximum atomic E-state index is 14.2. The van der Waals surface area contributed by atoms with Gasteiger partial charge in [-0.1, -0.05) is 56.3 Å². The summed E-state index contributed by atoms with van der Waals surface area (Å²) >= 11 is 0. The Kier molecular flexibility index (Phi) is 10.1. The molecule has 0 bridgehead atoms. The van der Waals surface area contributed by atoms with Gasteiger partial charge in [0, 0.05) is 17.8 Å². The highest BCUT2D eigenvalue weighted by Gasteiger charge is 2.31. The summed E-state index contributed by atoms with van der Waals surface area (Å²) in [6.45, 7) is 4.12. The van der Waals surface area contributed by atoms with Gasteiger partial charge in [0.05, 0.1) is 41.1 Å². The van der Waals surface area contributed by atoms with Crippen LogP contribution in [0.15, 0.2) is 78.9 Å². The second-order valence-electron chi connectivity index (χ2n) is 10.7. The average molecular weight is 584 g/mol. The van der Waals surface area contributed by atoms with Crippen molar-refractivity contribution in [3.8, 4) is 28.5 Å². The van der Waals surface area contributed by atoms with Crippen molar-refractivity contribution in [2.75, 3.05) is 5.32 Å². The molecule has 2 unspecified atom stereocenters. The Labute approximate surface area is 249 Å². The molecular weight excluding hydrogens is 549 g/mol. The minimum absolute atomic E-state index is 0.125. The molecule has 0 aliphatic heterocycles. The fourth-order valence-electron chi connectivity index (χ4n) is 5.36. The molecular formula is C34H34FN3O5. The van der Waals surface area contributed by atoms with E-state index in [2.05, 4.69) is 11.4 Å². The first-order valence-electron chi connectivity index (χ1n) is 14.1. The number of carbonyl (C=O) groups is 2. The molecule has 4 N–H and O–H groups in total. The summed E-state index contributed by atoms with van der Waals surface area (Å²) in [4.78, 5) is 25.2. The fourth-order valence-corrected chi connectivity index (χ4v) is 5.36. The van der Waals surface area contributed by atoms with E-state index in [0.717, 1.165) is 5.56 Å². The predicted molar refractivity (Wildman–Crippen MR) is 162 cm³/mol. The number of para-hydroxylation sites is 1. The Balaban J connectivity index is 1.92. The highest BCUT2D eigenvalue weighted by atomic mass is 19.1. The second-order valence-corrected chi connectivity index (χ2v) is 10.7. The van der Waals surface area contributed by atoms with E-state index >= 15 is 0 Å². The van der Waals surface area contributed by atoms with Gasteiger partial charge in [-0.25, -0.2) is 4.39 Å². The molecule has 8 nitrogen and oxygen atoms in total. The molecule has 0 aliphatic rings. The third-order valence-corrected chi connectivity index (χ3v) is 7.19. The molecule has 9 heteroatoms. The molecule has 0 saturated heterocycles. The summed E-state index contributed by atoms with van der Waals surface area (Å²) in [6, 6.07) is 24.1. The van der Waals surface area contributed by atoms with Gasteiger partial charge in [-0.15, -0.1) is 0 Å². The molecule has 3 aromatic carbocycles. The second kappa shape index (κ2) is 13.9. The number of aliphatic hydroxyl groups is 2. The number of amides is 1. The van der Waals surface area contributed by atoms with Crippen molar-refractivity contribution < 1.29 is 29.3 Å². The Hall–Kier alpha value is -4.78. The van der Waals surface area contributed by atoms with Gasteiger partial charge >= 0.3 is 5.97 Å². The van der Waals surface area contributed by atoms with Crippen LogP contribution in [-0.2, 0) is 11.3 Å². The number of benzene rings is 3. The number of hydrogen-bond donors (Lipinski definition) is 4. The van der Waals surface area contributed by atoms with Crippen molar-refractivity contribution in [1.29, 1.82) is 5.26 Å². The molecule has 43 heavy (non-hydrogen) atoms. The smallest absolute Gasteiger partial charge is 0.305 e. The molecule has 0 fully saturated rings. The number of aromatic nitrogens is 1. The summed E-state index contributed by atoms with van der Waals surface area (Å²) in [5.74, 6) is -2.18. The van der Waals surface area contributed by atoms with E-state index in [0.29, 0.717) is 39.3 Å². The number of carbonyl (C=O) groups excluding carboxylic acids is 1. The Morgan fingerprint density at radius 2 is 1.58 bits per heavy atom.